The summed E-state index contributed by atoms with van der Waals surface area (Å²) in [6, 6.07) is 2.15. The molecule has 0 aliphatic heterocycles. The van der Waals surface area contributed by atoms with E-state index in [1.807, 2.05) is 0 Å². The molecule has 1 heterocycles. The number of pyridine rings is 1. The van der Waals surface area contributed by atoms with E-state index >= 15 is 0 Å². The number of thioether (sulfide) groups is 1. The van der Waals surface area contributed by atoms with Crippen LogP contribution >= 0.6 is 11.8 Å². The number of esters is 1. The minimum Gasteiger partial charge on any atom is -0.466 e. The third-order valence-corrected chi connectivity index (χ3v) is 3.54. The number of nitrogens with zero attached hydrogens (tertiary/aromatic N) is 1. The van der Waals surface area contributed by atoms with Crippen molar-refractivity contribution in [2.75, 3.05) is 18.9 Å². The van der Waals surface area contributed by atoms with Gasteiger partial charge in [-0.1, -0.05) is 11.8 Å². The summed E-state index contributed by atoms with van der Waals surface area (Å²) >= 11 is 1.04. The molecular weight excluding hydrogens is 333 g/mol. The molecule has 0 saturated carbocycles. The van der Waals surface area contributed by atoms with E-state index in [-0.39, 0.29) is 24.1 Å². The van der Waals surface area contributed by atoms with Crippen LogP contribution in [0.1, 0.15) is 25.3 Å². The molecule has 0 spiro atoms. The number of carbonyl (C=O) groups is 2. The highest BCUT2D eigenvalue weighted by molar-refractivity contribution is 7.99. The first-order valence-corrected chi connectivity index (χ1v) is 7.90. The van der Waals surface area contributed by atoms with Crippen LogP contribution in [0, 0.1) is 0 Å². The maximum Gasteiger partial charge on any atom is 0.417 e. The Hall–Kier alpha value is -1.77. The summed E-state index contributed by atoms with van der Waals surface area (Å²) in [5, 5.41) is 2.94. The van der Waals surface area contributed by atoms with Gasteiger partial charge in [0.2, 0.25) is 5.91 Å². The minimum absolute atomic E-state index is 0.0395. The fourth-order valence-corrected chi connectivity index (χ4v) is 2.19. The Balaban J connectivity index is 2.24. The van der Waals surface area contributed by atoms with Crippen molar-refractivity contribution in [1.29, 1.82) is 0 Å². The van der Waals surface area contributed by atoms with E-state index in [0.29, 0.717) is 24.6 Å². The Labute approximate surface area is 136 Å². The monoisotopic (exact) mass is 350 g/mol. The molecule has 1 aromatic rings. The first-order chi connectivity index (χ1) is 10.8. The number of hydrogen-bond donors (Lipinski definition) is 1. The fourth-order valence-electron chi connectivity index (χ4n) is 1.52. The molecule has 1 N–H and O–H groups in total. The Kier molecular flexibility index (Phi) is 7.87. The summed E-state index contributed by atoms with van der Waals surface area (Å²) in [4.78, 5) is 26.3. The quantitative estimate of drug-likeness (QED) is 0.443. The zero-order valence-corrected chi connectivity index (χ0v) is 13.3. The van der Waals surface area contributed by atoms with Crippen LogP contribution < -0.4 is 5.32 Å². The van der Waals surface area contributed by atoms with Crippen LogP contribution in [0.25, 0.3) is 0 Å². The molecule has 23 heavy (non-hydrogen) atoms. The van der Waals surface area contributed by atoms with Gasteiger partial charge in [-0.15, -0.1) is 0 Å². The molecule has 0 atom stereocenters. The molecule has 1 aromatic heterocycles. The van der Waals surface area contributed by atoms with Crippen molar-refractivity contribution >= 4 is 23.6 Å². The summed E-state index contributed by atoms with van der Waals surface area (Å²) in [5.41, 5.74) is -0.828. The number of ether oxygens (including phenoxy) is 1. The fraction of sp³-hybridized carbons (Fsp3) is 0.500. The Bertz CT molecular complexity index is 521. The molecule has 128 valence electrons. The van der Waals surface area contributed by atoms with E-state index < -0.39 is 11.7 Å². The maximum atomic E-state index is 12.4. The van der Waals surface area contributed by atoms with Crippen LogP contribution in [-0.2, 0) is 20.5 Å². The van der Waals surface area contributed by atoms with Gasteiger partial charge in [-0.25, -0.2) is 4.98 Å². The van der Waals surface area contributed by atoms with E-state index in [1.54, 1.807) is 6.92 Å². The average molecular weight is 350 g/mol. The summed E-state index contributed by atoms with van der Waals surface area (Å²) in [5.74, 6) is -0.553. The number of rotatable bonds is 8. The summed E-state index contributed by atoms with van der Waals surface area (Å²) in [6.07, 6.45) is -3.00. The number of nitrogens with one attached hydrogen (secondary N) is 1. The molecule has 0 aromatic carbocycles. The lowest BCUT2D eigenvalue weighted by Gasteiger charge is -2.07. The standard InChI is InChI=1S/C14H17F3N2O3S/c1-2-22-13(21)4-3-7-18-11(20)9-23-12-6-5-10(8-19-12)14(15,16)17/h5-6,8H,2-4,7,9H2,1H3,(H,18,20). The molecule has 0 bridgehead atoms. The number of carbonyl (C=O) groups excluding carboxylic acids is 2. The van der Waals surface area contributed by atoms with E-state index in [4.69, 9.17) is 4.74 Å². The number of halogens is 3. The van der Waals surface area contributed by atoms with Crippen LogP contribution in [0.4, 0.5) is 13.2 Å². The predicted molar refractivity (Wildman–Crippen MR) is 78.8 cm³/mol. The molecule has 1 rings (SSSR count). The van der Waals surface area contributed by atoms with Gasteiger partial charge in [0.1, 0.15) is 0 Å². The highest BCUT2D eigenvalue weighted by Crippen LogP contribution is 2.29. The van der Waals surface area contributed by atoms with Gasteiger partial charge in [0.15, 0.2) is 0 Å². The minimum atomic E-state index is -4.42. The number of amides is 1. The first kappa shape index (κ1) is 19.3. The first-order valence-electron chi connectivity index (χ1n) is 6.91. The maximum absolute atomic E-state index is 12.4. The van der Waals surface area contributed by atoms with E-state index in [1.165, 1.54) is 6.07 Å². The van der Waals surface area contributed by atoms with Gasteiger partial charge in [0.05, 0.1) is 22.9 Å². The van der Waals surface area contributed by atoms with E-state index in [0.717, 1.165) is 24.0 Å². The lowest BCUT2D eigenvalue weighted by Crippen LogP contribution is -2.26. The summed E-state index contributed by atoms with van der Waals surface area (Å²) in [7, 11) is 0. The SMILES string of the molecule is CCOC(=O)CCCNC(=O)CSc1ccc(C(F)(F)F)cn1. The van der Waals surface area contributed by atoms with Crippen LogP contribution in [0.5, 0.6) is 0 Å². The van der Waals surface area contributed by atoms with Gasteiger partial charge >= 0.3 is 12.1 Å². The van der Waals surface area contributed by atoms with Crippen LogP contribution in [0.15, 0.2) is 23.4 Å². The smallest absolute Gasteiger partial charge is 0.417 e. The van der Waals surface area contributed by atoms with Crippen molar-refractivity contribution in [2.24, 2.45) is 0 Å². The molecule has 0 unspecified atom stereocenters. The molecule has 1 amide bonds. The Morgan fingerprint density at radius 2 is 2.09 bits per heavy atom. The number of alkyl halides is 3. The largest absolute Gasteiger partial charge is 0.466 e. The van der Waals surface area contributed by atoms with Crippen molar-refractivity contribution in [3.63, 3.8) is 0 Å². The normalized spacial score (nSPS) is 11.1. The van der Waals surface area contributed by atoms with Gasteiger partial charge in [-0.05, 0) is 25.5 Å². The Morgan fingerprint density at radius 1 is 1.35 bits per heavy atom. The van der Waals surface area contributed by atoms with Crippen LogP contribution in [-0.4, -0.2) is 35.8 Å². The molecule has 0 radical (unpaired) electrons. The van der Waals surface area contributed by atoms with Crippen molar-refractivity contribution in [3.05, 3.63) is 23.9 Å². The van der Waals surface area contributed by atoms with Crippen molar-refractivity contribution < 1.29 is 27.5 Å². The summed E-state index contributed by atoms with van der Waals surface area (Å²) < 4.78 is 41.8. The second-order valence-electron chi connectivity index (χ2n) is 4.43. The van der Waals surface area contributed by atoms with Crippen molar-refractivity contribution in [3.8, 4) is 0 Å². The predicted octanol–water partition coefficient (Wildman–Crippen LogP) is 2.65. The number of aromatic nitrogens is 1. The summed E-state index contributed by atoms with van der Waals surface area (Å²) in [6.45, 7) is 2.37. The lowest BCUT2D eigenvalue weighted by atomic mass is 10.3. The highest BCUT2D eigenvalue weighted by atomic mass is 32.2. The van der Waals surface area contributed by atoms with Gasteiger partial charge < -0.3 is 10.1 Å². The van der Waals surface area contributed by atoms with Crippen LogP contribution in [0.3, 0.4) is 0 Å². The molecule has 0 saturated heterocycles. The molecular formula is C14H17F3N2O3S. The third-order valence-electron chi connectivity index (χ3n) is 2.60. The molecule has 0 fully saturated rings. The Morgan fingerprint density at radius 3 is 2.65 bits per heavy atom. The van der Waals surface area contributed by atoms with E-state index in [2.05, 4.69) is 10.3 Å². The molecule has 0 aliphatic rings. The molecule has 0 aliphatic carbocycles. The van der Waals surface area contributed by atoms with E-state index in [9.17, 15) is 22.8 Å². The second-order valence-corrected chi connectivity index (χ2v) is 5.43. The number of hydrogen-bond acceptors (Lipinski definition) is 5. The highest BCUT2D eigenvalue weighted by Gasteiger charge is 2.30. The molecule has 9 heteroatoms. The van der Waals surface area contributed by atoms with Gasteiger partial charge in [-0.3, -0.25) is 9.59 Å². The zero-order valence-electron chi connectivity index (χ0n) is 12.5. The van der Waals surface area contributed by atoms with Crippen molar-refractivity contribution in [2.45, 2.75) is 31.0 Å². The second kappa shape index (κ2) is 9.39. The van der Waals surface area contributed by atoms with Gasteiger partial charge in [-0.2, -0.15) is 13.2 Å². The van der Waals surface area contributed by atoms with Gasteiger partial charge in [0, 0.05) is 19.2 Å². The van der Waals surface area contributed by atoms with Crippen molar-refractivity contribution in [1.82, 2.24) is 10.3 Å². The zero-order chi connectivity index (χ0) is 17.3. The van der Waals surface area contributed by atoms with Crippen LogP contribution in [0.2, 0.25) is 0 Å². The third kappa shape index (κ3) is 7.87. The lowest BCUT2D eigenvalue weighted by molar-refractivity contribution is -0.143. The van der Waals surface area contributed by atoms with Gasteiger partial charge in [0.25, 0.3) is 0 Å². The topological polar surface area (TPSA) is 68.3 Å². The average Bonchev–Trinajstić information content (AvgIpc) is 2.49. The molecule has 5 nitrogen and oxygen atoms in total.